The fourth-order valence-electron chi connectivity index (χ4n) is 2.45. The van der Waals surface area contributed by atoms with Gasteiger partial charge in [-0.1, -0.05) is 19.8 Å². The Morgan fingerprint density at radius 2 is 2.18 bits per heavy atom. The van der Waals surface area contributed by atoms with Crippen LogP contribution in [0.25, 0.3) is 0 Å². The van der Waals surface area contributed by atoms with Crippen molar-refractivity contribution in [2.75, 3.05) is 0 Å². The zero-order valence-electron chi connectivity index (χ0n) is 10.5. The maximum absolute atomic E-state index is 4.39. The third-order valence-corrected chi connectivity index (χ3v) is 4.09. The molecule has 0 aromatic carbocycles. The maximum atomic E-state index is 4.39. The third kappa shape index (κ3) is 4.40. The van der Waals surface area contributed by atoms with Gasteiger partial charge in [-0.25, -0.2) is 0 Å². The Morgan fingerprint density at radius 1 is 1.29 bits per heavy atom. The molecule has 1 N–H and O–H groups in total. The second-order valence-electron chi connectivity index (χ2n) is 5.16. The van der Waals surface area contributed by atoms with Gasteiger partial charge >= 0.3 is 0 Å². The fourth-order valence-corrected chi connectivity index (χ4v) is 2.69. The van der Waals surface area contributed by atoms with E-state index in [4.69, 9.17) is 0 Å². The molecule has 0 aliphatic heterocycles. The number of nitrogens with one attached hydrogen (secondary N) is 1. The standard InChI is InChI=1S/C14H21BrN2/c1-11-3-2-4-13(7-5-11)17-10-14-8-6-12(15)9-16-14/h6,8-9,11,13,17H,2-5,7,10H2,1H3. The summed E-state index contributed by atoms with van der Waals surface area (Å²) in [5, 5.41) is 3.64. The molecule has 2 atom stereocenters. The summed E-state index contributed by atoms with van der Waals surface area (Å²) in [6.07, 6.45) is 8.64. The Morgan fingerprint density at radius 3 is 2.94 bits per heavy atom. The van der Waals surface area contributed by atoms with E-state index < -0.39 is 0 Å². The summed E-state index contributed by atoms with van der Waals surface area (Å²) >= 11 is 3.41. The van der Waals surface area contributed by atoms with Gasteiger partial charge in [-0.05, 0) is 53.2 Å². The Bertz CT molecular complexity index is 337. The lowest BCUT2D eigenvalue weighted by Gasteiger charge is -2.16. The van der Waals surface area contributed by atoms with Crippen LogP contribution >= 0.6 is 15.9 Å². The highest BCUT2D eigenvalue weighted by molar-refractivity contribution is 9.10. The summed E-state index contributed by atoms with van der Waals surface area (Å²) in [4.78, 5) is 4.39. The van der Waals surface area contributed by atoms with Gasteiger partial charge in [-0.2, -0.15) is 0 Å². The molecule has 0 bridgehead atoms. The second kappa shape index (κ2) is 6.50. The quantitative estimate of drug-likeness (QED) is 0.856. The van der Waals surface area contributed by atoms with Crippen molar-refractivity contribution >= 4 is 15.9 Å². The van der Waals surface area contributed by atoms with Gasteiger partial charge in [0, 0.05) is 23.3 Å². The summed E-state index contributed by atoms with van der Waals surface area (Å²) in [6.45, 7) is 3.27. The first-order valence-corrected chi connectivity index (χ1v) is 7.37. The minimum Gasteiger partial charge on any atom is -0.308 e. The van der Waals surface area contributed by atoms with Crippen LogP contribution < -0.4 is 5.32 Å². The van der Waals surface area contributed by atoms with Crippen LogP contribution in [0.1, 0.15) is 44.7 Å². The van der Waals surface area contributed by atoms with Gasteiger partial charge in [0.15, 0.2) is 0 Å². The average Bonchev–Trinajstić information content (AvgIpc) is 2.54. The molecule has 2 rings (SSSR count). The number of pyridine rings is 1. The van der Waals surface area contributed by atoms with E-state index in [2.05, 4.69) is 45.3 Å². The lowest BCUT2D eigenvalue weighted by Crippen LogP contribution is -2.28. The zero-order chi connectivity index (χ0) is 12.1. The minimum absolute atomic E-state index is 0.686. The number of nitrogens with zero attached hydrogens (tertiary/aromatic N) is 1. The van der Waals surface area contributed by atoms with E-state index in [0.29, 0.717) is 6.04 Å². The van der Waals surface area contributed by atoms with E-state index >= 15 is 0 Å². The smallest absolute Gasteiger partial charge is 0.0542 e. The fraction of sp³-hybridized carbons (Fsp3) is 0.643. The highest BCUT2D eigenvalue weighted by atomic mass is 79.9. The van der Waals surface area contributed by atoms with Crippen molar-refractivity contribution in [3.05, 3.63) is 28.5 Å². The third-order valence-electron chi connectivity index (χ3n) is 3.62. The predicted molar refractivity (Wildman–Crippen MR) is 74.8 cm³/mol. The molecule has 2 unspecified atom stereocenters. The molecule has 94 valence electrons. The summed E-state index contributed by atoms with van der Waals surface area (Å²) in [5.41, 5.74) is 1.13. The van der Waals surface area contributed by atoms with Crippen LogP contribution in [0.15, 0.2) is 22.8 Å². The maximum Gasteiger partial charge on any atom is 0.0542 e. The van der Waals surface area contributed by atoms with Crippen molar-refractivity contribution in [1.29, 1.82) is 0 Å². The van der Waals surface area contributed by atoms with Gasteiger partial charge < -0.3 is 5.32 Å². The number of aromatic nitrogens is 1. The van der Waals surface area contributed by atoms with E-state index in [0.717, 1.165) is 22.6 Å². The molecule has 1 aliphatic rings. The SMILES string of the molecule is CC1CCCC(NCc2ccc(Br)cn2)CC1. The number of hydrogen-bond donors (Lipinski definition) is 1. The van der Waals surface area contributed by atoms with Gasteiger partial charge in [0.2, 0.25) is 0 Å². The average molecular weight is 297 g/mol. The zero-order valence-corrected chi connectivity index (χ0v) is 12.0. The molecule has 0 spiro atoms. The van der Waals surface area contributed by atoms with Crippen LogP contribution in [0.5, 0.6) is 0 Å². The molecule has 1 aliphatic carbocycles. The normalized spacial score (nSPS) is 25.5. The first-order chi connectivity index (χ1) is 8.24. The Labute approximate surface area is 112 Å². The molecule has 1 saturated carbocycles. The van der Waals surface area contributed by atoms with Crippen molar-refractivity contribution in [2.24, 2.45) is 5.92 Å². The van der Waals surface area contributed by atoms with Crippen molar-refractivity contribution in [3.63, 3.8) is 0 Å². The molecular weight excluding hydrogens is 276 g/mol. The van der Waals surface area contributed by atoms with Gasteiger partial charge in [0.25, 0.3) is 0 Å². The molecule has 1 aromatic heterocycles. The van der Waals surface area contributed by atoms with Gasteiger partial charge in [0.1, 0.15) is 0 Å². The predicted octanol–water partition coefficient (Wildman–Crippen LogP) is 3.90. The molecule has 17 heavy (non-hydrogen) atoms. The lowest BCUT2D eigenvalue weighted by molar-refractivity contribution is 0.445. The van der Waals surface area contributed by atoms with Crippen LogP contribution in [0.2, 0.25) is 0 Å². The van der Waals surface area contributed by atoms with E-state index in [1.54, 1.807) is 0 Å². The highest BCUT2D eigenvalue weighted by Crippen LogP contribution is 2.22. The number of hydrogen-bond acceptors (Lipinski definition) is 2. The molecule has 2 nitrogen and oxygen atoms in total. The Balaban J connectivity index is 1.79. The largest absolute Gasteiger partial charge is 0.308 e. The van der Waals surface area contributed by atoms with Gasteiger partial charge in [-0.15, -0.1) is 0 Å². The number of rotatable bonds is 3. The Hall–Kier alpha value is -0.410. The molecule has 0 radical (unpaired) electrons. The molecule has 1 fully saturated rings. The van der Waals surface area contributed by atoms with Crippen LogP contribution in [0, 0.1) is 5.92 Å². The monoisotopic (exact) mass is 296 g/mol. The number of halogens is 1. The molecule has 0 saturated heterocycles. The van der Waals surface area contributed by atoms with Crippen molar-refractivity contribution < 1.29 is 0 Å². The van der Waals surface area contributed by atoms with Crippen LogP contribution in [0.3, 0.4) is 0 Å². The molecule has 1 heterocycles. The van der Waals surface area contributed by atoms with Crippen LogP contribution in [-0.2, 0) is 6.54 Å². The van der Waals surface area contributed by atoms with Crippen molar-refractivity contribution in [1.82, 2.24) is 10.3 Å². The first kappa shape index (κ1) is 13.0. The highest BCUT2D eigenvalue weighted by Gasteiger charge is 2.15. The molecular formula is C14H21BrN2. The van der Waals surface area contributed by atoms with Gasteiger partial charge in [0.05, 0.1) is 5.69 Å². The Kier molecular flexibility index (Phi) is 4.99. The van der Waals surface area contributed by atoms with Crippen LogP contribution in [0.4, 0.5) is 0 Å². The minimum atomic E-state index is 0.686. The van der Waals surface area contributed by atoms with Gasteiger partial charge in [-0.3, -0.25) is 4.98 Å². The summed E-state index contributed by atoms with van der Waals surface area (Å²) < 4.78 is 1.05. The second-order valence-corrected chi connectivity index (χ2v) is 6.07. The summed E-state index contributed by atoms with van der Waals surface area (Å²) in [5.74, 6) is 0.910. The first-order valence-electron chi connectivity index (χ1n) is 6.58. The van der Waals surface area contributed by atoms with Crippen molar-refractivity contribution in [3.8, 4) is 0 Å². The molecule has 3 heteroatoms. The van der Waals surface area contributed by atoms with E-state index in [-0.39, 0.29) is 0 Å². The summed E-state index contributed by atoms with van der Waals surface area (Å²) in [7, 11) is 0. The topological polar surface area (TPSA) is 24.9 Å². The van der Waals surface area contributed by atoms with E-state index in [1.165, 1.54) is 32.1 Å². The summed E-state index contributed by atoms with van der Waals surface area (Å²) in [6, 6.07) is 4.82. The molecule has 1 aromatic rings. The van der Waals surface area contributed by atoms with Crippen LogP contribution in [-0.4, -0.2) is 11.0 Å². The van der Waals surface area contributed by atoms with E-state index in [1.807, 2.05) is 6.20 Å². The van der Waals surface area contributed by atoms with Crippen molar-refractivity contribution in [2.45, 2.75) is 51.6 Å². The van der Waals surface area contributed by atoms with E-state index in [9.17, 15) is 0 Å². The lowest BCUT2D eigenvalue weighted by atomic mass is 10.0. The molecule has 0 amide bonds.